The molecule has 34 heavy (non-hydrogen) atoms. The molecule has 2 aromatic heterocycles. The van der Waals surface area contributed by atoms with Crippen molar-refractivity contribution in [1.82, 2.24) is 19.7 Å². The Morgan fingerprint density at radius 1 is 1.24 bits per heavy atom. The zero-order valence-electron chi connectivity index (χ0n) is 18.9. The van der Waals surface area contributed by atoms with Crippen LogP contribution < -0.4 is 10.1 Å². The number of hydrogen-bond donors (Lipinski definition) is 2. The fourth-order valence-electron chi connectivity index (χ4n) is 5.56. The smallest absolute Gasteiger partial charge is 0.401 e. The van der Waals surface area contributed by atoms with Crippen LogP contribution in [0.3, 0.4) is 0 Å². The molecule has 1 aliphatic carbocycles. The normalized spacial score (nSPS) is 22.9. The predicted molar refractivity (Wildman–Crippen MR) is 122 cm³/mol. The molecule has 1 aliphatic heterocycles. The highest BCUT2D eigenvalue weighted by molar-refractivity contribution is 6.08. The Bertz CT molecular complexity index is 1160. The molecule has 7 nitrogen and oxygen atoms in total. The Morgan fingerprint density at radius 2 is 2.00 bits per heavy atom. The molecule has 0 unspecified atom stereocenters. The Balaban J connectivity index is 1.13. The maximum absolute atomic E-state index is 12.6. The number of ether oxygens (including phenoxy) is 1. The average Bonchev–Trinajstić information content (AvgIpc) is 3.51. The van der Waals surface area contributed by atoms with E-state index in [0.717, 1.165) is 35.9 Å². The number of anilines is 1. The van der Waals surface area contributed by atoms with Gasteiger partial charge in [0.25, 0.3) is 5.91 Å². The van der Waals surface area contributed by atoms with Crippen LogP contribution in [-0.4, -0.2) is 58.0 Å². The summed E-state index contributed by atoms with van der Waals surface area (Å²) in [6.07, 6.45) is 2.05. The number of carbonyl (C=O) groups excluding carboxylic acids is 1. The maximum atomic E-state index is 12.6. The van der Waals surface area contributed by atoms with E-state index >= 15 is 0 Å². The number of carbonyl (C=O) groups is 1. The number of aryl methyl sites for hydroxylation is 1. The second-order valence-electron chi connectivity index (χ2n) is 9.51. The molecule has 1 saturated carbocycles. The lowest BCUT2D eigenvalue weighted by atomic mass is 10.0. The van der Waals surface area contributed by atoms with Crippen LogP contribution in [0.25, 0.3) is 10.9 Å². The molecule has 0 radical (unpaired) electrons. The van der Waals surface area contributed by atoms with Crippen LogP contribution in [0, 0.1) is 17.8 Å². The number of H-pyrrole nitrogens is 1. The largest absolute Gasteiger partial charge is 0.494 e. The van der Waals surface area contributed by atoms with Crippen molar-refractivity contribution in [2.75, 3.05) is 31.6 Å². The molecule has 182 valence electrons. The number of likely N-dealkylation sites (tertiary alicyclic amines) is 1. The third kappa shape index (κ3) is 4.91. The monoisotopic (exact) mass is 475 g/mol. The number of nitrogens with zero attached hydrogens (tertiary/aromatic N) is 3. The summed E-state index contributed by atoms with van der Waals surface area (Å²) in [7, 11) is 1.71. The van der Waals surface area contributed by atoms with Gasteiger partial charge in [-0.1, -0.05) is 0 Å². The molecule has 3 heterocycles. The molecular formula is C24H28F3N5O2. The molecule has 2 aliphatic rings. The summed E-state index contributed by atoms with van der Waals surface area (Å²) >= 11 is 0. The molecular weight excluding hydrogens is 447 g/mol. The van der Waals surface area contributed by atoms with Crippen molar-refractivity contribution in [3.8, 4) is 5.75 Å². The van der Waals surface area contributed by atoms with Gasteiger partial charge in [-0.3, -0.25) is 14.4 Å². The molecule has 3 atom stereocenters. The van der Waals surface area contributed by atoms with Gasteiger partial charge >= 0.3 is 6.18 Å². The lowest BCUT2D eigenvalue weighted by Crippen LogP contribution is -2.33. The molecule has 2 fully saturated rings. The van der Waals surface area contributed by atoms with E-state index in [0.29, 0.717) is 48.8 Å². The van der Waals surface area contributed by atoms with E-state index < -0.39 is 12.7 Å². The van der Waals surface area contributed by atoms with Gasteiger partial charge in [0.2, 0.25) is 0 Å². The maximum Gasteiger partial charge on any atom is 0.401 e. The summed E-state index contributed by atoms with van der Waals surface area (Å²) in [6, 6.07) is 7.37. The second-order valence-corrected chi connectivity index (χ2v) is 9.51. The van der Waals surface area contributed by atoms with Gasteiger partial charge in [-0.25, -0.2) is 0 Å². The molecule has 0 spiro atoms. The fraction of sp³-hybridized carbons (Fsp3) is 0.500. The third-order valence-corrected chi connectivity index (χ3v) is 7.08. The number of aromatic amines is 1. The topological polar surface area (TPSA) is 75.2 Å². The number of aromatic nitrogens is 3. The average molecular weight is 476 g/mol. The first kappa shape index (κ1) is 22.8. The molecule has 3 aromatic rings. The molecule has 10 heteroatoms. The highest BCUT2D eigenvalue weighted by atomic mass is 19.4. The highest BCUT2D eigenvalue weighted by Crippen LogP contribution is 2.43. The lowest BCUT2D eigenvalue weighted by molar-refractivity contribution is -0.144. The van der Waals surface area contributed by atoms with Crippen LogP contribution in [0.5, 0.6) is 5.75 Å². The molecule has 1 amide bonds. The van der Waals surface area contributed by atoms with Crippen LogP contribution in [-0.2, 0) is 7.05 Å². The number of alkyl halides is 3. The minimum Gasteiger partial charge on any atom is -0.494 e. The molecule has 1 saturated heterocycles. The predicted octanol–water partition coefficient (Wildman–Crippen LogP) is 4.44. The van der Waals surface area contributed by atoms with Crippen molar-refractivity contribution in [2.45, 2.75) is 25.4 Å². The quantitative estimate of drug-likeness (QED) is 0.530. The van der Waals surface area contributed by atoms with Crippen molar-refractivity contribution in [3.63, 3.8) is 0 Å². The van der Waals surface area contributed by atoms with E-state index in [2.05, 4.69) is 15.4 Å². The van der Waals surface area contributed by atoms with E-state index in [1.165, 1.54) is 4.68 Å². The van der Waals surface area contributed by atoms with Gasteiger partial charge in [-0.15, -0.1) is 0 Å². The number of benzene rings is 1. The van der Waals surface area contributed by atoms with Crippen molar-refractivity contribution in [3.05, 3.63) is 42.4 Å². The summed E-state index contributed by atoms with van der Waals surface area (Å²) in [4.78, 5) is 17.2. The van der Waals surface area contributed by atoms with Crippen molar-refractivity contribution >= 4 is 22.5 Å². The first-order valence-corrected chi connectivity index (χ1v) is 11.6. The molecule has 5 rings (SSSR count). The van der Waals surface area contributed by atoms with Gasteiger partial charge in [0, 0.05) is 43.4 Å². The number of hydrogen-bond acceptors (Lipinski definition) is 4. The Hall–Kier alpha value is -3.01. The number of rotatable bonds is 7. The zero-order valence-corrected chi connectivity index (χ0v) is 18.9. The van der Waals surface area contributed by atoms with Crippen molar-refractivity contribution in [2.24, 2.45) is 24.8 Å². The SMILES string of the molecule is Cn1nccc1C(=O)Nc1c[nH]c2ccc(OCC[C@@H]3C[C@@H]4CN(CC(F)(F)F)C[C@@H]4C3)cc12. The van der Waals surface area contributed by atoms with Crippen LogP contribution in [0.2, 0.25) is 0 Å². The van der Waals surface area contributed by atoms with E-state index in [1.807, 2.05) is 18.2 Å². The number of halogens is 3. The van der Waals surface area contributed by atoms with Crippen molar-refractivity contribution < 1.29 is 22.7 Å². The first-order valence-electron chi connectivity index (χ1n) is 11.6. The minimum atomic E-state index is -4.12. The van der Waals surface area contributed by atoms with Gasteiger partial charge in [-0.2, -0.15) is 18.3 Å². The first-order chi connectivity index (χ1) is 16.2. The summed E-state index contributed by atoms with van der Waals surface area (Å²) in [5.41, 5.74) is 2.02. The second kappa shape index (κ2) is 8.98. The van der Waals surface area contributed by atoms with Gasteiger partial charge in [0.1, 0.15) is 11.4 Å². The van der Waals surface area contributed by atoms with E-state index in [1.54, 1.807) is 30.4 Å². The molecule has 1 aromatic carbocycles. The van der Waals surface area contributed by atoms with E-state index in [9.17, 15) is 18.0 Å². The number of fused-ring (bicyclic) bond motifs is 2. The van der Waals surface area contributed by atoms with Gasteiger partial charge < -0.3 is 15.0 Å². The fourth-order valence-corrected chi connectivity index (χ4v) is 5.56. The highest BCUT2D eigenvalue weighted by Gasteiger charge is 2.43. The summed E-state index contributed by atoms with van der Waals surface area (Å²) in [5.74, 6) is 1.71. The van der Waals surface area contributed by atoms with Crippen molar-refractivity contribution in [1.29, 1.82) is 0 Å². The molecule has 2 N–H and O–H groups in total. The zero-order chi connectivity index (χ0) is 23.9. The van der Waals surface area contributed by atoms with Gasteiger partial charge in [0.15, 0.2) is 0 Å². The Labute approximate surface area is 195 Å². The summed E-state index contributed by atoms with van der Waals surface area (Å²) in [6.45, 7) is 0.876. The standard InChI is InChI=1S/C24H28F3N5O2/c1-31-22(4-6-29-31)23(33)30-21-11-28-20-3-2-18(10-19(20)21)34-7-5-15-8-16-12-32(13-17(16)9-15)14-24(25,26)27/h2-4,6,10-11,15-17,28H,5,7-9,12-14H2,1H3,(H,30,33)/t15-,16-,17+. The van der Waals surface area contributed by atoms with Crippen LogP contribution >= 0.6 is 0 Å². The third-order valence-electron chi connectivity index (χ3n) is 7.08. The molecule has 0 bridgehead atoms. The minimum absolute atomic E-state index is 0.243. The Kier molecular flexibility index (Phi) is 6.01. The van der Waals surface area contributed by atoms with Gasteiger partial charge in [-0.05, 0) is 61.3 Å². The number of amides is 1. The Morgan fingerprint density at radius 3 is 2.68 bits per heavy atom. The summed E-state index contributed by atoms with van der Waals surface area (Å²) < 4.78 is 45.5. The summed E-state index contributed by atoms with van der Waals surface area (Å²) in [5, 5.41) is 7.80. The van der Waals surface area contributed by atoms with Crippen LogP contribution in [0.15, 0.2) is 36.7 Å². The van der Waals surface area contributed by atoms with Gasteiger partial charge in [0.05, 0.1) is 18.8 Å². The van der Waals surface area contributed by atoms with Crippen LogP contribution in [0.1, 0.15) is 29.8 Å². The van der Waals surface area contributed by atoms with E-state index in [4.69, 9.17) is 4.74 Å². The number of nitrogens with one attached hydrogen (secondary N) is 2. The van der Waals surface area contributed by atoms with E-state index in [-0.39, 0.29) is 5.91 Å². The lowest BCUT2D eigenvalue weighted by Gasteiger charge is -2.20. The van der Waals surface area contributed by atoms with Crippen LogP contribution in [0.4, 0.5) is 18.9 Å².